The van der Waals surface area contributed by atoms with Crippen molar-refractivity contribution in [2.24, 2.45) is 23.2 Å². The molecule has 0 saturated carbocycles. The van der Waals surface area contributed by atoms with Crippen LogP contribution in [0.2, 0.25) is 0 Å². The number of alkyl carbamates (subject to hydrolysis) is 1. The molecule has 4 heterocycles. The van der Waals surface area contributed by atoms with E-state index >= 15 is 0 Å². The maximum Gasteiger partial charge on any atom is 0.426 e. The molecule has 1 aromatic heterocycles. The molecule has 6 N–H and O–H groups in total. The van der Waals surface area contributed by atoms with Crippen LogP contribution in [0.15, 0.2) is 47.9 Å². The molecule has 17 atom stereocenters. The second-order valence-corrected chi connectivity index (χ2v) is 22.9. The van der Waals surface area contributed by atoms with E-state index < -0.39 is 114 Å². The fourth-order valence-corrected chi connectivity index (χ4v) is 11.3. The zero-order chi connectivity index (χ0) is 55.5. The number of amides is 3. The number of likely N-dealkylation sites (N-methyl/N-ethyl adjacent to an activating group) is 2. The van der Waals surface area contributed by atoms with E-state index in [9.17, 15) is 34.5 Å². The van der Waals surface area contributed by atoms with Gasteiger partial charge in [-0.05, 0) is 116 Å². The molecule has 75 heavy (non-hydrogen) atoms. The van der Waals surface area contributed by atoms with E-state index in [2.05, 4.69) is 16.2 Å². The molecule has 1 aromatic carbocycles. The molecule has 0 spiro atoms. The summed E-state index contributed by atoms with van der Waals surface area (Å²) in [7, 11) is 7.13. The quantitative estimate of drug-likeness (QED) is 0.0618. The first kappa shape index (κ1) is 61.4. The molecule has 3 aliphatic heterocycles. The standard InChI is InChI=1S/C54H85N5O15S/c1-15-40-44(62)46(72-51(64)55-28-36-18-20-37(67-14)21-19-36)34(6)59(13)29-30(2)26-54(10,66)47(73-50-43(61)39(58(11)12)25-31(3)68-50)32(4)45(33(5)49(63)70-40)71-42-27-53(8,9)48(35(7)69-42)74-52(65)57-56-41(60)23-22-38-17-16-24-75-38/h16-24,30-35,39-40,42-48,50,61-62,66H,15,25-29H2,1-14H3,(H,55,64)(H,56,60)(H,57,65)/b23-22+/t30-,31-,32+,33-,34-,35+,39+,40-,42?,43-,44+,45+,46-,47-,48+,50+,54+/m1/s1. The number of aliphatic hydroxyl groups is 3. The summed E-state index contributed by atoms with van der Waals surface area (Å²) < 4.78 is 49.9. The Morgan fingerprint density at radius 2 is 1.60 bits per heavy atom. The third-order valence-electron chi connectivity index (χ3n) is 14.8. The summed E-state index contributed by atoms with van der Waals surface area (Å²) in [4.78, 5) is 58.6. The lowest BCUT2D eigenvalue weighted by Gasteiger charge is -2.49. The summed E-state index contributed by atoms with van der Waals surface area (Å²) in [6, 6.07) is 9.91. The summed E-state index contributed by atoms with van der Waals surface area (Å²) in [5, 5.41) is 41.5. The number of rotatable bonds is 13. The van der Waals surface area contributed by atoms with Crippen molar-refractivity contribution in [1.29, 1.82) is 0 Å². The molecule has 422 valence electrons. The number of nitrogens with zero attached hydrogens (tertiary/aromatic N) is 2. The van der Waals surface area contributed by atoms with E-state index in [0.717, 1.165) is 10.4 Å². The molecule has 3 fully saturated rings. The number of methoxy groups -OCH3 is 1. The normalized spacial score (nSPS) is 35.4. The van der Waals surface area contributed by atoms with Crippen LogP contribution in [0.4, 0.5) is 9.59 Å². The van der Waals surface area contributed by atoms with Crippen LogP contribution in [-0.2, 0) is 49.3 Å². The monoisotopic (exact) mass is 1080 g/mol. The molecule has 0 aliphatic carbocycles. The van der Waals surface area contributed by atoms with Crippen molar-refractivity contribution in [2.75, 3.05) is 34.8 Å². The van der Waals surface area contributed by atoms with E-state index in [4.69, 9.17) is 37.9 Å². The Kier molecular flexibility index (Phi) is 22.3. The number of benzene rings is 1. The first-order valence-corrected chi connectivity index (χ1v) is 27.0. The van der Waals surface area contributed by atoms with Crippen molar-refractivity contribution in [3.8, 4) is 5.75 Å². The van der Waals surface area contributed by atoms with E-state index in [1.807, 2.05) is 95.2 Å². The van der Waals surface area contributed by atoms with E-state index in [1.54, 1.807) is 59.9 Å². The minimum Gasteiger partial charge on any atom is -0.497 e. The number of ether oxygens (including phenoxy) is 8. The van der Waals surface area contributed by atoms with Gasteiger partial charge in [0, 0.05) is 53.9 Å². The number of esters is 1. The molecule has 20 nitrogen and oxygen atoms in total. The lowest BCUT2D eigenvalue weighted by Crippen LogP contribution is -2.60. The number of nitrogens with one attached hydrogen (secondary N) is 3. The second kappa shape index (κ2) is 27.3. The van der Waals surface area contributed by atoms with Gasteiger partial charge in [-0.1, -0.05) is 52.8 Å². The Balaban J connectivity index is 1.45. The smallest absolute Gasteiger partial charge is 0.426 e. The molecule has 0 bridgehead atoms. The number of carbonyl (C=O) groups is 4. The Hall–Kier alpha value is -4.42. The van der Waals surface area contributed by atoms with E-state index in [1.165, 1.54) is 17.4 Å². The van der Waals surface area contributed by atoms with Crippen LogP contribution in [0.1, 0.15) is 105 Å². The summed E-state index contributed by atoms with van der Waals surface area (Å²) in [5.41, 5.74) is 2.93. The summed E-state index contributed by atoms with van der Waals surface area (Å²) in [6.45, 7) is 18.5. The van der Waals surface area contributed by atoms with Gasteiger partial charge < -0.3 is 63.4 Å². The minimum atomic E-state index is -1.67. The first-order valence-electron chi connectivity index (χ1n) is 26.1. The molecule has 5 rings (SSSR count). The predicted octanol–water partition coefficient (Wildman–Crippen LogP) is 5.61. The third-order valence-corrected chi connectivity index (χ3v) is 15.7. The average molecular weight is 1080 g/mol. The van der Waals surface area contributed by atoms with Crippen LogP contribution in [-0.4, -0.2) is 169 Å². The summed E-state index contributed by atoms with van der Waals surface area (Å²) in [5.74, 6) is -2.89. The van der Waals surface area contributed by atoms with E-state index in [-0.39, 0.29) is 43.9 Å². The van der Waals surface area contributed by atoms with Gasteiger partial charge >= 0.3 is 18.2 Å². The topological polar surface area (TPSA) is 245 Å². The second-order valence-electron chi connectivity index (χ2n) is 21.9. The Bertz CT molecular complexity index is 2160. The van der Waals surface area contributed by atoms with Gasteiger partial charge in [-0.2, -0.15) is 0 Å². The highest BCUT2D eigenvalue weighted by molar-refractivity contribution is 7.10. The third kappa shape index (κ3) is 16.8. The average Bonchev–Trinajstić information content (AvgIpc) is 3.88. The van der Waals surface area contributed by atoms with Gasteiger partial charge in [-0.25, -0.2) is 15.0 Å². The number of hydrogen-bond acceptors (Lipinski definition) is 18. The van der Waals surface area contributed by atoms with Gasteiger partial charge in [0.25, 0.3) is 5.91 Å². The van der Waals surface area contributed by atoms with Crippen LogP contribution in [0.25, 0.3) is 6.08 Å². The van der Waals surface area contributed by atoms with Crippen molar-refractivity contribution in [2.45, 2.75) is 187 Å². The molecule has 1 unspecified atom stereocenters. The maximum atomic E-state index is 14.8. The molecule has 3 amide bonds. The molecular weight excluding hydrogens is 991 g/mol. The molecular formula is C54H85N5O15S. The van der Waals surface area contributed by atoms with Crippen LogP contribution in [0.5, 0.6) is 5.75 Å². The van der Waals surface area contributed by atoms with Crippen molar-refractivity contribution in [3.05, 3.63) is 58.3 Å². The predicted molar refractivity (Wildman–Crippen MR) is 281 cm³/mol. The number of hydrazine groups is 1. The lowest BCUT2D eigenvalue weighted by molar-refractivity contribution is -0.312. The zero-order valence-electron chi connectivity index (χ0n) is 46.2. The molecule has 21 heteroatoms. The highest BCUT2D eigenvalue weighted by atomic mass is 32.1. The number of hydrogen-bond donors (Lipinski definition) is 6. The number of cyclic esters (lactones) is 1. The van der Waals surface area contributed by atoms with Crippen molar-refractivity contribution in [3.63, 3.8) is 0 Å². The van der Waals surface area contributed by atoms with Crippen LogP contribution < -0.4 is 20.9 Å². The number of aliphatic hydroxyl groups excluding tert-OH is 2. The fourth-order valence-electron chi connectivity index (χ4n) is 10.7. The fraction of sp³-hybridized carbons (Fsp3) is 0.704. The van der Waals surface area contributed by atoms with Gasteiger partial charge in [0.15, 0.2) is 12.6 Å². The Labute approximate surface area is 447 Å². The van der Waals surface area contributed by atoms with E-state index in [0.29, 0.717) is 18.7 Å². The zero-order valence-corrected chi connectivity index (χ0v) is 47.0. The molecule has 3 saturated heterocycles. The van der Waals surface area contributed by atoms with Crippen molar-refractivity contribution in [1.82, 2.24) is 26.0 Å². The highest BCUT2D eigenvalue weighted by Gasteiger charge is 2.52. The number of carbonyl (C=O) groups excluding carboxylic acids is 4. The highest BCUT2D eigenvalue weighted by Crippen LogP contribution is 2.42. The van der Waals surface area contributed by atoms with Crippen molar-refractivity contribution >= 4 is 41.5 Å². The number of thiophene rings is 1. The maximum absolute atomic E-state index is 14.8. The lowest BCUT2D eigenvalue weighted by atomic mass is 9.77. The van der Waals surface area contributed by atoms with Gasteiger partial charge in [0.1, 0.15) is 36.3 Å². The van der Waals surface area contributed by atoms with Gasteiger partial charge in [-0.3, -0.25) is 19.9 Å². The minimum absolute atomic E-state index is 0.129. The SMILES string of the molecule is CC[C@H]1OC(=O)[C@H](C)[C@@H](OC2CC(C)(C)[C@@H](OC(=O)NNC(=O)/C=C/c3cccs3)[C@H](C)O2)[C@H](C)[C@@H](O[C@@H]2O[C@H](C)C[C@H](N(C)C)[C@H]2O)[C@@](C)(O)C[C@@H](C)CN(C)[C@H](C)[C@@H](OC(=O)NCc2ccc(OC)cc2)[C@H]1O. The van der Waals surface area contributed by atoms with Gasteiger partial charge in [0.05, 0.1) is 43.0 Å². The van der Waals surface area contributed by atoms with Gasteiger partial charge in [-0.15, -0.1) is 11.3 Å². The van der Waals surface area contributed by atoms with Crippen molar-refractivity contribution < 1.29 is 72.4 Å². The molecule has 3 aliphatic rings. The summed E-state index contributed by atoms with van der Waals surface area (Å²) in [6.07, 6.45) is -9.17. The first-order chi connectivity index (χ1) is 35.2. The van der Waals surface area contributed by atoms with Crippen LogP contribution in [0, 0.1) is 23.2 Å². The molecule has 2 aromatic rings. The Morgan fingerprint density at radius 1 is 0.907 bits per heavy atom. The Morgan fingerprint density at radius 3 is 2.21 bits per heavy atom. The van der Waals surface area contributed by atoms with Crippen LogP contribution >= 0.6 is 11.3 Å². The van der Waals surface area contributed by atoms with Crippen LogP contribution in [0.3, 0.4) is 0 Å². The largest absolute Gasteiger partial charge is 0.497 e. The molecule has 0 radical (unpaired) electrons. The van der Waals surface area contributed by atoms with Gasteiger partial charge in [0.2, 0.25) is 0 Å². The summed E-state index contributed by atoms with van der Waals surface area (Å²) >= 11 is 1.46.